The number of hydrogen-bond acceptors (Lipinski definition) is 4. The van der Waals surface area contributed by atoms with Crippen LogP contribution in [0, 0.1) is 6.92 Å². The molecule has 0 atom stereocenters. The van der Waals surface area contributed by atoms with Crippen molar-refractivity contribution < 1.29 is 17.9 Å². The molecule has 0 saturated carbocycles. The summed E-state index contributed by atoms with van der Waals surface area (Å²) in [6, 6.07) is 19.8. The average Bonchev–Trinajstić information content (AvgIpc) is 2.70. The van der Waals surface area contributed by atoms with E-state index in [1.165, 1.54) is 25.3 Å². The highest BCUT2D eigenvalue weighted by molar-refractivity contribution is 7.92. The zero-order valence-corrected chi connectivity index (χ0v) is 16.3. The fraction of sp³-hybridized carbons (Fsp3) is 0.0952. The molecule has 3 rings (SSSR count). The highest BCUT2D eigenvalue weighted by Gasteiger charge is 2.17. The van der Waals surface area contributed by atoms with Crippen molar-refractivity contribution in [3.63, 3.8) is 0 Å². The molecule has 6 nitrogen and oxygen atoms in total. The number of ether oxygens (including phenoxy) is 1. The zero-order chi connectivity index (χ0) is 20.1. The standard InChI is InChI=1S/C21H20N2O4S/c1-15-6-3-4-9-20(15)22-21(24)16-7-5-8-19(14-16)28(25,26)23-17-10-12-18(27-2)13-11-17/h3-14,23H,1-2H3,(H,22,24). The lowest BCUT2D eigenvalue weighted by Crippen LogP contribution is -2.16. The molecule has 7 heteroatoms. The van der Waals surface area contributed by atoms with Crippen LogP contribution in [0.25, 0.3) is 0 Å². The second-order valence-electron chi connectivity index (χ2n) is 6.13. The number of nitrogens with one attached hydrogen (secondary N) is 2. The van der Waals surface area contributed by atoms with Crippen LogP contribution in [0.2, 0.25) is 0 Å². The molecule has 0 unspecified atom stereocenters. The number of aryl methyl sites for hydroxylation is 1. The molecule has 0 radical (unpaired) electrons. The van der Waals surface area contributed by atoms with Crippen molar-refractivity contribution in [3.8, 4) is 5.75 Å². The second-order valence-corrected chi connectivity index (χ2v) is 7.81. The highest BCUT2D eigenvalue weighted by atomic mass is 32.2. The van der Waals surface area contributed by atoms with E-state index in [2.05, 4.69) is 10.0 Å². The van der Waals surface area contributed by atoms with E-state index in [1.54, 1.807) is 36.4 Å². The van der Waals surface area contributed by atoms with Crippen molar-refractivity contribution in [2.24, 2.45) is 0 Å². The Morgan fingerprint density at radius 3 is 2.32 bits per heavy atom. The average molecular weight is 396 g/mol. The van der Waals surface area contributed by atoms with Crippen LogP contribution in [0.3, 0.4) is 0 Å². The molecule has 3 aromatic rings. The maximum absolute atomic E-state index is 12.7. The molecule has 0 fully saturated rings. The molecule has 0 aliphatic rings. The van der Waals surface area contributed by atoms with E-state index in [-0.39, 0.29) is 16.4 Å². The first-order valence-corrected chi connectivity index (χ1v) is 10.0. The van der Waals surface area contributed by atoms with Gasteiger partial charge in [0.1, 0.15) is 5.75 Å². The Morgan fingerprint density at radius 1 is 0.929 bits per heavy atom. The lowest BCUT2D eigenvalue weighted by atomic mass is 10.1. The first kappa shape index (κ1) is 19.4. The predicted octanol–water partition coefficient (Wildman–Crippen LogP) is 4.06. The molecule has 0 bridgehead atoms. The fourth-order valence-electron chi connectivity index (χ4n) is 2.59. The third-order valence-corrected chi connectivity index (χ3v) is 5.52. The molecular formula is C21H20N2O4S. The summed E-state index contributed by atoms with van der Waals surface area (Å²) in [5.74, 6) is 0.244. The van der Waals surface area contributed by atoms with E-state index in [1.807, 2.05) is 25.1 Å². The maximum Gasteiger partial charge on any atom is 0.261 e. The first-order chi connectivity index (χ1) is 13.4. The summed E-state index contributed by atoms with van der Waals surface area (Å²) in [7, 11) is -2.31. The lowest BCUT2D eigenvalue weighted by Gasteiger charge is -2.11. The Hall–Kier alpha value is -3.32. The second kappa shape index (κ2) is 8.14. The summed E-state index contributed by atoms with van der Waals surface area (Å²) in [6.45, 7) is 1.88. The van der Waals surface area contributed by atoms with Gasteiger partial charge in [-0.1, -0.05) is 24.3 Å². The summed E-state index contributed by atoms with van der Waals surface area (Å²) in [6.07, 6.45) is 0. The van der Waals surface area contributed by atoms with Gasteiger partial charge in [0.25, 0.3) is 15.9 Å². The number of anilines is 2. The van der Waals surface area contributed by atoms with E-state index in [0.29, 0.717) is 17.1 Å². The Morgan fingerprint density at radius 2 is 1.64 bits per heavy atom. The van der Waals surface area contributed by atoms with Crippen LogP contribution in [-0.4, -0.2) is 21.4 Å². The largest absolute Gasteiger partial charge is 0.497 e. The molecule has 0 saturated heterocycles. The van der Waals surface area contributed by atoms with Crippen LogP contribution in [-0.2, 0) is 10.0 Å². The molecule has 3 aromatic carbocycles. The fourth-order valence-corrected chi connectivity index (χ4v) is 3.69. The summed E-state index contributed by atoms with van der Waals surface area (Å²) in [5.41, 5.74) is 2.24. The van der Waals surface area contributed by atoms with Crippen molar-refractivity contribution in [1.29, 1.82) is 0 Å². The number of carbonyl (C=O) groups is 1. The van der Waals surface area contributed by atoms with Crippen LogP contribution in [0.15, 0.2) is 77.7 Å². The topological polar surface area (TPSA) is 84.5 Å². The van der Waals surface area contributed by atoms with Gasteiger partial charge in [-0.15, -0.1) is 0 Å². The number of sulfonamides is 1. The highest BCUT2D eigenvalue weighted by Crippen LogP contribution is 2.21. The minimum absolute atomic E-state index is 0.000696. The molecule has 0 spiro atoms. The van der Waals surface area contributed by atoms with E-state index in [4.69, 9.17) is 4.74 Å². The lowest BCUT2D eigenvalue weighted by molar-refractivity contribution is 0.102. The minimum Gasteiger partial charge on any atom is -0.497 e. The van der Waals surface area contributed by atoms with E-state index in [0.717, 1.165) is 5.56 Å². The number of methoxy groups -OCH3 is 1. The maximum atomic E-state index is 12.7. The minimum atomic E-state index is -3.84. The number of para-hydroxylation sites is 1. The molecule has 1 amide bonds. The molecule has 28 heavy (non-hydrogen) atoms. The molecule has 0 aromatic heterocycles. The van der Waals surface area contributed by atoms with Gasteiger partial charge in [0.2, 0.25) is 0 Å². The van der Waals surface area contributed by atoms with Gasteiger partial charge < -0.3 is 10.1 Å². The smallest absolute Gasteiger partial charge is 0.261 e. The van der Waals surface area contributed by atoms with Crippen molar-refractivity contribution in [2.45, 2.75) is 11.8 Å². The number of amides is 1. The van der Waals surface area contributed by atoms with Crippen LogP contribution >= 0.6 is 0 Å². The van der Waals surface area contributed by atoms with Crippen molar-refractivity contribution in [1.82, 2.24) is 0 Å². The van der Waals surface area contributed by atoms with Crippen LogP contribution < -0.4 is 14.8 Å². The molecule has 0 aliphatic heterocycles. The van der Waals surface area contributed by atoms with Gasteiger partial charge in [-0.05, 0) is 61.0 Å². The van der Waals surface area contributed by atoms with Gasteiger partial charge in [-0.2, -0.15) is 0 Å². The van der Waals surface area contributed by atoms with Gasteiger partial charge in [-0.25, -0.2) is 8.42 Å². The van der Waals surface area contributed by atoms with Crippen molar-refractivity contribution in [3.05, 3.63) is 83.9 Å². The molecule has 144 valence electrons. The Bertz CT molecular complexity index is 1090. The van der Waals surface area contributed by atoms with Crippen LogP contribution in [0.4, 0.5) is 11.4 Å². The first-order valence-electron chi connectivity index (χ1n) is 8.53. The monoisotopic (exact) mass is 396 g/mol. The van der Waals surface area contributed by atoms with Crippen LogP contribution in [0.5, 0.6) is 5.75 Å². The SMILES string of the molecule is COc1ccc(NS(=O)(=O)c2cccc(C(=O)Nc3ccccc3C)c2)cc1. The quantitative estimate of drug-likeness (QED) is 0.658. The van der Waals surface area contributed by atoms with E-state index >= 15 is 0 Å². The summed E-state index contributed by atoms with van der Waals surface area (Å²) < 4.78 is 32.9. The van der Waals surface area contributed by atoms with E-state index in [9.17, 15) is 13.2 Å². The van der Waals surface area contributed by atoms with Gasteiger partial charge in [0.15, 0.2) is 0 Å². The predicted molar refractivity (Wildman–Crippen MR) is 109 cm³/mol. The van der Waals surface area contributed by atoms with E-state index < -0.39 is 10.0 Å². The summed E-state index contributed by atoms with van der Waals surface area (Å²) in [4.78, 5) is 12.5. The van der Waals surface area contributed by atoms with Gasteiger partial charge >= 0.3 is 0 Å². The van der Waals surface area contributed by atoms with Gasteiger partial charge in [-0.3, -0.25) is 9.52 Å². The zero-order valence-electron chi connectivity index (χ0n) is 15.5. The third kappa shape index (κ3) is 4.50. The summed E-state index contributed by atoms with van der Waals surface area (Å²) in [5, 5.41) is 2.80. The van der Waals surface area contributed by atoms with Crippen LogP contribution in [0.1, 0.15) is 15.9 Å². The molecule has 0 aliphatic carbocycles. The Labute approximate surface area is 164 Å². The number of benzene rings is 3. The number of hydrogen-bond donors (Lipinski definition) is 2. The third-order valence-electron chi connectivity index (χ3n) is 4.14. The number of rotatable bonds is 6. The Balaban J connectivity index is 1.81. The van der Waals surface area contributed by atoms with Crippen molar-refractivity contribution in [2.75, 3.05) is 17.1 Å². The summed E-state index contributed by atoms with van der Waals surface area (Å²) >= 11 is 0. The number of carbonyl (C=O) groups excluding carboxylic acids is 1. The molecule has 0 heterocycles. The van der Waals surface area contributed by atoms with Crippen molar-refractivity contribution >= 4 is 27.3 Å². The molecular weight excluding hydrogens is 376 g/mol. The molecule has 2 N–H and O–H groups in total. The van der Waals surface area contributed by atoms with Gasteiger partial charge in [0.05, 0.1) is 12.0 Å². The normalized spacial score (nSPS) is 10.9. The van der Waals surface area contributed by atoms with Gasteiger partial charge in [0, 0.05) is 16.9 Å². The Kier molecular flexibility index (Phi) is 5.65.